The zero-order chi connectivity index (χ0) is 17.1. The second-order valence-electron chi connectivity index (χ2n) is 5.67. The molecule has 0 bridgehead atoms. The Balaban J connectivity index is 0.00000529. The molecule has 0 heterocycles. The normalized spacial score (nSPS) is 10.5. The van der Waals surface area contributed by atoms with E-state index in [1.54, 1.807) is 0 Å². The lowest BCUT2D eigenvalue weighted by Gasteiger charge is -2.21. The predicted molar refractivity (Wildman–Crippen MR) is 108 cm³/mol. The predicted octanol–water partition coefficient (Wildman–Crippen LogP) is 5.30. The van der Waals surface area contributed by atoms with E-state index in [0.29, 0.717) is 15.7 Å². The largest absolute Gasteiger partial charge is 0.462 e. The van der Waals surface area contributed by atoms with Crippen LogP contribution in [-0.2, 0) is 4.74 Å². The average molecular weight is 472 g/mol. The van der Waals surface area contributed by atoms with Gasteiger partial charge in [0.15, 0.2) is 0 Å². The first-order valence-electron chi connectivity index (χ1n) is 8.43. The van der Waals surface area contributed by atoms with E-state index in [9.17, 15) is 9.18 Å². The monoisotopic (exact) mass is 471 g/mol. The molecule has 138 valence electrons. The van der Waals surface area contributed by atoms with Crippen molar-refractivity contribution >= 4 is 41.0 Å². The number of halogens is 3. The zero-order valence-electron chi connectivity index (χ0n) is 14.5. The van der Waals surface area contributed by atoms with Crippen molar-refractivity contribution in [2.75, 3.05) is 26.2 Å². The molecule has 6 heteroatoms. The number of hydrogen-bond donors (Lipinski definition) is 0. The minimum Gasteiger partial charge on any atom is -0.462 e. The van der Waals surface area contributed by atoms with Crippen LogP contribution in [0.5, 0.6) is 0 Å². The van der Waals surface area contributed by atoms with E-state index in [-0.39, 0.29) is 24.2 Å². The third-order valence-electron chi connectivity index (χ3n) is 3.66. The Morgan fingerprint density at radius 1 is 1.12 bits per heavy atom. The highest BCUT2D eigenvalue weighted by Crippen LogP contribution is 2.13. The summed E-state index contributed by atoms with van der Waals surface area (Å²) in [4.78, 5) is 14.4. The highest BCUT2D eigenvalue weighted by molar-refractivity contribution is 14.1. The molecule has 0 fully saturated rings. The van der Waals surface area contributed by atoms with Crippen LogP contribution in [0.3, 0.4) is 0 Å². The number of benzene rings is 1. The fourth-order valence-electron chi connectivity index (χ4n) is 2.26. The van der Waals surface area contributed by atoms with Gasteiger partial charge in [-0.15, -0.1) is 12.4 Å². The molecule has 0 atom stereocenters. The second-order valence-corrected chi connectivity index (χ2v) is 6.83. The number of carbonyl (C=O) groups is 1. The van der Waals surface area contributed by atoms with E-state index in [2.05, 4.69) is 18.7 Å². The van der Waals surface area contributed by atoms with Crippen LogP contribution in [0.2, 0.25) is 0 Å². The van der Waals surface area contributed by atoms with E-state index >= 15 is 0 Å². The Morgan fingerprint density at radius 3 is 2.25 bits per heavy atom. The molecule has 24 heavy (non-hydrogen) atoms. The van der Waals surface area contributed by atoms with E-state index < -0.39 is 0 Å². The van der Waals surface area contributed by atoms with Crippen LogP contribution in [0, 0.1) is 9.39 Å². The van der Waals surface area contributed by atoms with Crippen molar-refractivity contribution in [2.24, 2.45) is 0 Å². The highest BCUT2D eigenvalue weighted by atomic mass is 127. The molecule has 0 saturated heterocycles. The average Bonchev–Trinajstić information content (AvgIpc) is 2.55. The fraction of sp³-hybridized carbons (Fsp3) is 0.611. The summed E-state index contributed by atoms with van der Waals surface area (Å²) in [6.45, 7) is 7.98. The molecule has 0 N–H and O–H groups in total. The van der Waals surface area contributed by atoms with Gasteiger partial charge in [0.05, 0.1) is 12.2 Å². The standard InChI is InChI=1S/C18H27FINO2.ClH/c1-3-5-10-21(11-6-4-2)12-7-13-23-18(22)15-8-9-16(19)17(20)14-15;/h8-9,14H,3-7,10-13H2,1-2H3;1H. The van der Waals surface area contributed by atoms with Crippen molar-refractivity contribution in [3.8, 4) is 0 Å². The number of unbranched alkanes of at least 4 members (excludes halogenated alkanes) is 2. The summed E-state index contributed by atoms with van der Waals surface area (Å²) in [5.74, 6) is -0.693. The van der Waals surface area contributed by atoms with Crippen molar-refractivity contribution in [1.82, 2.24) is 4.90 Å². The summed E-state index contributed by atoms with van der Waals surface area (Å²) in [6.07, 6.45) is 5.63. The summed E-state index contributed by atoms with van der Waals surface area (Å²) in [6, 6.07) is 4.29. The lowest BCUT2D eigenvalue weighted by Crippen LogP contribution is -2.28. The molecule has 1 rings (SSSR count). The first-order valence-corrected chi connectivity index (χ1v) is 9.50. The lowest BCUT2D eigenvalue weighted by atomic mass is 10.2. The number of rotatable bonds is 11. The quantitative estimate of drug-likeness (QED) is 0.249. The SMILES string of the molecule is CCCCN(CCCC)CCCOC(=O)c1ccc(F)c(I)c1.Cl. The fourth-order valence-corrected chi connectivity index (χ4v) is 2.77. The summed E-state index contributed by atoms with van der Waals surface area (Å²) < 4.78 is 18.9. The zero-order valence-corrected chi connectivity index (χ0v) is 17.5. The van der Waals surface area contributed by atoms with Crippen LogP contribution < -0.4 is 0 Å². The molecule has 0 aliphatic carbocycles. The molecule has 0 radical (unpaired) electrons. The molecule has 1 aromatic carbocycles. The van der Waals surface area contributed by atoms with Gasteiger partial charge in [0.25, 0.3) is 0 Å². The van der Waals surface area contributed by atoms with Crippen LogP contribution in [0.4, 0.5) is 4.39 Å². The van der Waals surface area contributed by atoms with Gasteiger partial charge in [-0.25, -0.2) is 9.18 Å². The highest BCUT2D eigenvalue weighted by Gasteiger charge is 2.10. The van der Waals surface area contributed by atoms with Gasteiger partial charge >= 0.3 is 5.97 Å². The van der Waals surface area contributed by atoms with E-state index in [1.807, 2.05) is 22.6 Å². The summed E-state index contributed by atoms with van der Waals surface area (Å²) in [5, 5.41) is 0. The first-order chi connectivity index (χ1) is 11.1. The van der Waals surface area contributed by atoms with Gasteiger partial charge in [-0.2, -0.15) is 0 Å². The summed E-state index contributed by atoms with van der Waals surface area (Å²) in [7, 11) is 0. The second kappa shape index (κ2) is 13.8. The molecule has 0 aliphatic rings. The maximum atomic E-state index is 13.2. The molecule has 0 aliphatic heterocycles. The van der Waals surface area contributed by atoms with Gasteiger partial charge in [-0.1, -0.05) is 26.7 Å². The maximum absolute atomic E-state index is 13.2. The van der Waals surface area contributed by atoms with Crippen LogP contribution >= 0.6 is 35.0 Å². The summed E-state index contributed by atoms with van der Waals surface area (Å²) >= 11 is 1.87. The first kappa shape index (κ1) is 23.6. The third kappa shape index (κ3) is 9.18. The molecule has 1 aromatic rings. The number of ether oxygens (including phenoxy) is 1. The molecule has 0 saturated carbocycles. The van der Waals surface area contributed by atoms with Crippen molar-refractivity contribution < 1.29 is 13.9 Å². The topological polar surface area (TPSA) is 29.5 Å². The van der Waals surface area contributed by atoms with Gasteiger partial charge in [0, 0.05) is 10.1 Å². The Morgan fingerprint density at radius 2 is 1.71 bits per heavy atom. The molecule has 0 aromatic heterocycles. The maximum Gasteiger partial charge on any atom is 0.338 e. The van der Waals surface area contributed by atoms with E-state index in [0.717, 1.165) is 26.1 Å². The van der Waals surface area contributed by atoms with Gasteiger partial charge in [0.1, 0.15) is 5.82 Å². The molecule has 0 amide bonds. The molecule has 0 spiro atoms. The van der Waals surface area contributed by atoms with E-state index in [4.69, 9.17) is 4.74 Å². The Bertz CT molecular complexity index is 480. The third-order valence-corrected chi connectivity index (χ3v) is 4.49. The smallest absolute Gasteiger partial charge is 0.338 e. The van der Waals surface area contributed by atoms with E-state index in [1.165, 1.54) is 43.9 Å². The molecule has 0 unspecified atom stereocenters. The van der Waals surface area contributed by atoms with Gasteiger partial charge in [-0.05, 0) is 73.1 Å². The Labute approximate surface area is 164 Å². The van der Waals surface area contributed by atoms with Crippen LogP contribution in [0.15, 0.2) is 18.2 Å². The summed E-state index contributed by atoms with van der Waals surface area (Å²) in [5.41, 5.74) is 0.407. The molecular weight excluding hydrogens is 444 g/mol. The van der Waals surface area contributed by atoms with Gasteiger partial charge in [0.2, 0.25) is 0 Å². The van der Waals surface area contributed by atoms with Crippen LogP contribution in [0.25, 0.3) is 0 Å². The van der Waals surface area contributed by atoms with Crippen molar-refractivity contribution in [3.05, 3.63) is 33.1 Å². The molecular formula is C18H28ClFINO2. The molecule has 3 nitrogen and oxygen atoms in total. The minimum absolute atomic E-state index is 0. The number of carbonyl (C=O) groups excluding carboxylic acids is 1. The Kier molecular flexibility index (Phi) is 13.6. The van der Waals surface area contributed by atoms with Crippen LogP contribution in [0.1, 0.15) is 56.3 Å². The van der Waals surface area contributed by atoms with Crippen molar-refractivity contribution in [1.29, 1.82) is 0 Å². The Hall–Kier alpha value is -0.400. The van der Waals surface area contributed by atoms with Crippen LogP contribution in [-0.4, -0.2) is 37.1 Å². The van der Waals surface area contributed by atoms with Crippen molar-refractivity contribution in [2.45, 2.75) is 46.0 Å². The minimum atomic E-state index is -0.378. The number of nitrogens with zero attached hydrogens (tertiary/aromatic N) is 1. The van der Waals surface area contributed by atoms with Gasteiger partial charge < -0.3 is 9.64 Å². The lowest BCUT2D eigenvalue weighted by molar-refractivity contribution is 0.0487. The number of hydrogen-bond acceptors (Lipinski definition) is 3. The van der Waals surface area contributed by atoms with Crippen molar-refractivity contribution in [3.63, 3.8) is 0 Å². The van der Waals surface area contributed by atoms with Gasteiger partial charge in [-0.3, -0.25) is 0 Å². The number of esters is 1.